The van der Waals surface area contributed by atoms with Crippen molar-refractivity contribution in [2.75, 3.05) is 26.1 Å². The number of ether oxygens (including phenoxy) is 2. The predicted molar refractivity (Wildman–Crippen MR) is 75.1 cm³/mol. The van der Waals surface area contributed by atoms with Crippen LogP contribution in [0.5, 0.6) is 0 Å². The average Bonchev–Trinajstić information content (AvgIpc) is 2.93. The minimum Gasteiger partial charge on any atom is -0.464 e. The van der Waals surface area contributed by atoms with E-state index in [2.05, 4.69) is 20.3 Å². The summed E-state index contributed by atoms with van der Waals surface area (Å²) >= 11 is 0. The van der Waals surface area contributed by atoms with Gasteiger partial charge in [0.1, 0.15) is 23.4 Å². The molecule has 1 unspecified atom stereocenters. The Balaban J connectivity index is 2.11. The summed E-state index contributed by atoms with van der Waals surface area (Å²) in [5.41, 5.74) is 0.153. The monoisotopic (exact) mass is 291 g/mol. The summed E-state index contributed by atoms with van der Waals surface area (Å²) in [4.78, 5) is 11.3. The summed E-state index contributed by atoms with van der Waals surface area (Å²) in [6, 6.07) is 6.76. The van der Waals surface area contributed by atoms with Crippen molar-refractivity contribution in [2.45, 2.75) is 13.0 Å². The van der Waals surface area contributed by atoms with Crippen molar-refractivity contribution in [1.29, 1.82) is 0 Å². The highest BCUT2D eigenvalue weighted by atomic mass is 16.5. The Kier molecular flexibility index (Phi) is 4.89. The Morgan fingerprint density at radius 2 is 2.10 bits per heavy atom. The second-order valence-corrected chi connectivity index (χ2v) is 4.40. The van der Waals surface area contributed by atoms with Crippen molar-refractivity contribution in [2.24, 2.45) is 0 Å². The van der Waals surface area contributed by atoms with Gasteiger partial charge < -0.3 is 19.2 Å². The van der Waals surface area contributed by atoms with Gasteiger partial charge in [0.2, 0.25) is 0 Å². The smallest absolute Gasteiger partial charge is 0.358 e. The maximum absolute atomic E-state index is 11.3. The van der Waals surface area contributed by atoms with E-state index in [9.17, 15) is 4.79 Å². The quantitative estimate of drug-likeness (QED) is 0.814. The number of hydrogen-bond donors (Lipinski definition) is 1. The topological polar surface area (TPSA) is 86.5 Å². The SMILES string of the molecule is COCC(Nc1ccc(C(=O)OC)nn1)c1ccc(C)o1. The Morgan fingerprint density at radius 1 is 1.29 bits per heavy atom. The van der Waals surface area contributed by atoms with Crippen LogP contribution in [0, 0.1) is 6.92 Å². The molecule has 0 amide bonds. The fourth-order valence-corrected chi connectivity index (χ4v) is 1.80. The lowest BCUT2D eigenvalue weighted by Crippen LogP contribution is -2.17. The number of carbonyl (C=O) groups excluding carboxylic acids is 1. The lowest BCUT2D eigenvalue weighted by molar-refractivity contribution is 0.0592. The van der Waals surface area contributed by atoms with Gasteiger partial charge in [0.25, 0.3) is 0 Å². The van der Waals surface area contributed by atoms with Gasteiger partial charge in [0.05, 0.1) is 13.7 Å². The largest absolute Gasteiger partial charge is 0.464 e. The standard InChI is InChI=1S/C14H17N3O4/c1-9-4-6-12(21-9)11(8-19-2)15-13-7-5-10(16-17-13)14(18)20-3/h4-7,11H,8H2,1-3H3,(H,15,17). The van der Waals surface area contributed by atoms with E-state index in [0.717, 1.165) is 11.5 Å². The van der Waals surface area contributed by atoms with E-state index >= 15 is 0 Å². The molecule has 0 saturated heterocycles. The number of anilines is 1. The lowest BCUT2D eigenvalue weighted by atomic mass is 10.2. The molecule has 1 N–H and O–H groups in total. The predicted octanol–water partition coefficient (Wildman–Crippen LogP) is 1.96. The Bertz CT molecular complexity index is 595. The molecule has 112 valence electrons. The third kappa shape index (κ3) is 3.79. The summed E-state index contributed by atoms with van der Waals surface area (Å²) in [5, 5.41) is 10.9. The molecule has 21 heavy (non-hydrogen) atoms. The van der Waals surface area contributed by atoms with Gasteiger partial charge >= 0.3 is 5.97 Å². The van der Waals surface area contributed by atoms with E-state index in [1.165, 1.54) is 7.11 Å². The number of aryl methyl sites for hydroxylation is 1. The van der Waals surface area contributed by atoms with Crippen LogP contribution < -0.4 is 5.32 Å². The van der Waals surface area contributed by atoms with Gasteiger partial charge in [0, 0.05) is 7.11 Å². The van der Waals surface area contributed by atoms with Crippen molar-refractivity contribution in [1.82, 2.24) is 10.2 Å². The first-order valence-corrected chi connectivity index (χ1v) is 6.38. The molecule has 7 nitrogen and oxygen atoms in total. The fourth-order valence-electron chi connectivity index (χ4n) is 1.80. The summed E-state index contributed by atoms with van der Waals surface area (Å²) in [6.45, 7) is 2.28. The van der Waals surface area contributed by atoms with Crippen LogP contribution in [0.25, 0.3) is 0 Å². The second-order valence-electron chi connectivity index (χ2n) is 4.40. The molecule has 2 aromatic heterocycles. The van der Waals surface area contributed by atoms with Crippen molar-refractivity contribution >= 4 is 11.8 Å². The van der Waals surface area contributed by atoms with Crippen LogP contribution in [0.2, 0.25) is 0 Å². The number of methoxy groups -OCH3 is 2. The van der Waals surface area contributed by atoms with Crippen LogP contribution in [-0.4, -0.2) is 37.0 Å². The van der Waals surface area contributed by atoms with Crippen LogP contribution in [0.1, 0.15) is 28.1 Å². The van der Waals surface area contributed by atoms with Gasteiger partial charge in [-0.15, -0.1) is 10.2 Å². The Labute approximate surface area is 122 Å². The van der Waals surface area contributed by atoms with Crippen LogP contribution in [0.15, 0.2) is 28.7 Å². The first kappa shape index (κ1) is 15.0. The third-order valence-electron chi connectivity index (χ3n) is 2.82. The molecule has 0 aromatic carbocycles. The van der Waals surface area contributed by atoms with Crippen LogP contribution in [0.3, 0.4) is 0 Å². The third-order valence-corrected chi connectivity index (χ3v) is 2.82. The molecular weight excluding hydrogens is 274 g/mol. The minimum absolute atomic E-state index is 0.153. The van der Waals surface area contributed by atoms with Crippen molar-refractivity contribution < 1.29 is 18.7 Å². The van der Waals surface area contributed by atoms with Crippen LogP contribution >= 0.6 is 0 Å². The number of carbonyl (C=O) groups is 1. The summed E-state index contributed by atoms with van der Waals surface area (Å²) in [6.07, 6.45) is 0. The summed E-state index contributed by atoms with van der Waals surface area (Å²) in [7, 11) is 2.90. The zero-order valence-corrected chi connectivity index (χ0v) is 12.1. The van der Waals surface area contributed by atoms with E-state index in [1.54, 1.807) is 19.2 Å². The van der Waals surface area contributed by atoms with Crippen LogP contribution in [-0.2, 0) is 9.47 Å². The van der Waals surface area contributed by atoms with Gasteiger partial charge in [-0.2, -0.15) is 0 Å². The van der Waals surface area contributed by atoms with Crippen LogP contribution in [0.4, 0.5) is 5.82 Å². The van der Waals surface area contributed by atoms with E-state index < -0.39 is 5.97 Å². The van der Waals surface area contributed by atoms with Gasteiger partial charge in [-0.3, -0.25) is 0 Å². The number of rotatable bonds is 6. The van der Waals surface area contributed by atoms with E-state index in [4.69, 9.17) is 9.15 Å². The zero-order valence-electron chi connectivity index (χ0n) is 12.1. The Morgan fingerprint density at radius 3 is 2.62 bits per heavy atom. The molecule has 2 rings (SSSR count). The molecule has 1 atom stereocenters. The number of esters is 1. The number of furan rings is 1. The number of aromatic nitrogens is 2. The highest BCUT2D eigenvalue weighted by Crippen LogP contribution is 2.20. The highest BCUT2D eigenvalue weighted by molar-refractivity contribution is 5.86. The first-order valence-electron chi connectivity index (χ1n) is 6.38. The molecule has 0 spiro atoms. The van der Waals surface area contributed by atoms with Crippen molar-refractivity contribution in [3.8, 4) is 0 Å². The highest BCUT2D eigenvalue weighted by Gasteiger charge is 2.16. The molecular formula is C14H17N3O4. The summed E-state index contributed by atoms with van der Waals surface area (Å²) < 4.78 is 15.3. The van der Waals surface area contributed by atoms with E-state index in [0.29, 0.717) is 12.4 Å². The normalized spacial score (nSPS) is 12.0. The van der Waals surface area contributed by atoms with Gasteiger partial charge in [-0.1, -0.05) is 0 Å². The molecule has 0 fully saturated rings. The van der Waals surface area contributed by atoms with Gasteiger partial charge in [-0.25, -0.2) is 4.79 Å². The molecule has 0 saturated carbocycles. The zero-order chi connectivity index (χ0) is 15.2. The maximum Gasteiger partial charge on any atom is 0.358 e. The van der Waals surface area contributed by atoms with Gasteiger partial charge in [0.15, 0.2) is 5.69 Å². The first-order chi connectivity index (χ1) is 10.1. The molecule has 0 aliphatic heterocycles. The Hall–Kier alpha value is -2.41. The lowest BCUT2D eigenvalue weighted by Gasteiger charge is -2.16. The molecule has 0 bridgehead atoms. The minimum atomic E-state index is -0.524. The van der Waals surface area contributed by atoms with Gasteiger partial charge in [-0.05, 0) is 31.2 Å². The van der Waals surface area contributed by atoms with E-state index in [-0.39, 0.29) is 11.7 Å². The molecule has 0 radical (unpaired) electrons. The van der Waals surface area contributed by atoms with E-state index in [1.807, 2.05) is 19.1 Å². The van der Waals surface area contributed by atoms with Crippen molar-refractivity contribution in [3.63, 3.8) is 0 Å². The second kappa shape index (κ2) is 6.85. The molecule has 2 heterocycles. The number of nitrogens with one attached hydrogen (secondary N) is 1. The number of hydrogen-bond acceptors (Lipinski definition) is 7. The number of nitrogens with zero attached hydrogens (tertiary/aromatic N) is 2. The molecule has 2 aromatic rings. The average molecular weight is 291 g/mol. The maximum atomic E-state index is 11.3. The summed E-state index contributed by atoms with van der Waals surface area (Å²) in [5.74, 6) is 1.55. The van der Waals surface area contributed by atoms with Crippen molar-refractivity contribution in [3.05, 3.63) is 41.5 Å². The molecule has 0 aliphatic rings. The molecule has 0 aliphatic carbocycles. The molecule has 7 heteroatoms. The fraction of sp³-hybridized carbons (Fsp3) is 0.357.